The van der Waals surface area contributed by atoms with Crippen molar-refractivity contribution in [3.05, 3.63) is 123 Å². The van der Waals surface area contributed by atoms with Crippen molar-refractivity contribution in [3.63, 3.8) is 0 Å². The van der Waals surface area contributed by atoms with Crippen molar-refractivity contribution >= 4 is 44.9 Å². The molecule has 0 radical (unpaired) electrons. The predicted molar refractivity (Wildman–Crippen MR) is 154 cm³/mol. The number of ether oxygens (including phenoxy) is 1. The first kappa shape index (κ1) is 27.9. The SMILES string of the molecule is Cc1ccc(C(=O)Oc2ccc(Br)cc2C=NNC(=O)c2[nH]c3c(C(F)(F)F)cccc3c2-c2ccccc2)cc1. The minimum atomic E-state index is -4.63. The lowest BCUT2D eigenvalue weighted by Gasteiger charge is -2.08. The monoisotopic (exact) mass is 619 g/mol. The molecule has 0 spiro atoms. The van der Waals surface area contributed by atoms with Crippen LogP contribution in [0, 0.1) is 6.92 Å². The van der Waals surface area contributed by atoms with Crippen LogP contribution < -0.4 is 10.2 Å². The van der Waals surface area contributed by atoms with Gasteiger partial charge < -0.3 is 9.72 Å². The zero-order valence-electron chi connectivity index (χ0n) is 21.4. The van der Waals surface area contributed by atoms with Gasteiger partial charge in [-0.15, -0.1) is 0 Å². The second kappa shape index (κ2) is 11.4. The lowest BCUT2D eigenvalue weighted by Crippen LogP contribution is -2.19. The van der Waals surface area contributed by atoms with E-state index in [2.05, 4.69) is 31.4 Å². The molecule has 206 valence electrons. The van der Waals surface area contributed by atoms with Crippen molar-refractivity contribution in [2.45, 2.75) is 13.1 Å². The Morgan fingerprint density at radius 3 is 2.39 bits per heavy atom. The quantitative estimate of drug-likeness (QED) is 0.0876. The Kier molecular flexibility index (Phi) is 7.76. The second-order valence-corrected chi connectivity index (χ2v) is 10.0. The molecule has 41 heavy (non-hydrogen) atoms. The number of carbonyl (C=O) groups is 2. The van der Waals surface area contributed by atoms with Gasteiger partial charge in [-0.1, -0.05) is 76.1 Å². The molecule has 10 heteroatoms. The third-order valence-electron chi connectivity index (χ3n) is 6.26. The molecule has 6 nitrogen and oxygen atoms in total. The number of hydrogen-bond donors (Lipinski definition) is 2. The summed E-state index contributed by atoms with van der Waals surface area (Å²) in [5, 5.41) is 4.26. The number of benzene rings is 4. The number of halogens is 4. The van der Waals surface area contributed by atoms with E-state index in [1.165, 1.54) is 18.3 Å². The molecule has 0 bridgehead atoms. The Bertz CT molecular complexity index is 1780. The van der Waals surface area contributed by atoms with Gasteiger partial charge in [-0.25, -0.2) is 10.2 Å². The second-order valence-electron chi connectivity index (χ2n) is 9.10. The van der Waals surface area contributed by atoms with Gasteiger partial charge in [0.15, 0.2) is 0 Å². The van der Waals surface area contributed by atoms with Crippen LogP contribution in [0.25, 0.3) is 22.0 Å². The lowest BCUT2D eigenvalue weighted by molar-refractivity contribution is -0.136. The van der Waals surface area contributed by atoms with Gasteiger partial charge in [0, 0.05) is 21.0 Å². The molecule has 1 heterocycles. The van der Waals surface area contributed by atoms with Crippen molar-refractivity contribution in [3.8, 4) is 16.9 Å². The van der Waals surface area contributed by atoms with E-state index in [-0.39, 0.29) is 22.3 Å². The molecule has 5 aromatic rings. The van der Waals surface area contributed by atoms with Gasteiger partial charge in [-0.3, -0.25) is 4.79 Å². The van der Waals surface area contributed by atoms with Crippen LogP contribution >= 0.6 is 15.9 Å². The number of alkyl halides is 3. The molecule has 0 atom stereocenters. The summed E-state index contributed by atoms with van der Waals surface area (Å²) in [6, 6.07) is 24.2. The lowest BCUT2D eigenvalue weighted by atomic mass is 10.0. The first-order valence-electron chi connectivity index (χ1n) is 12.3. The Morgan fingerprint density at radius 2 is 1.68 bits per heavy atom. The number of nitrogens with zero attached hydrogens (tertiary/aromatic N) is 1. The molecule has 0 saturated carbocycles. The molecule has 4 aromatic carbocycles. The highest BCUT2D eigenvalue weighted by atomic mass is 79.9. The molecule has 0 aliphatic heterocycles. The van der Waals surface area contributed by atoms with Gasteiger partial charge in [-0.2, -0.15) is 18.3 Å². The number of rotatable bonds is 6. The van der Waals surface area contributed by atoms with Gasteiger partial charge in [0.25, 0.3) is 5.91 Å². The third kappa shape index (κ3) is 6.07. The average molecular weight is 620 g/mol. The number of aromatic nitrogens is 1. The fourth-order valence-corrected chi connectivity index (χ4v) is 4.69. The van der Waals surface area contributed by atoms with Crippen molar-refractivity contribution in [1.29, 1.82) is 0 Å². The first-order chi connectivity index (χ1) is 19.6. The standard InChI is InChI=1S/C31H21BrF3N3O3/c1-18-10-12-20(13-11-18)30(40)41-25-15-14-22(32)16-21(25)17-36-38-29(39)28-26(19-6-3-2-4-7-19)23-8-5-9-24(27(23)37-28)31(33,34)35/h2-17,37H,1H3,(H,38,39). The molecule has 0 unspecified atom stereocenters. The summed E-state index contributed by atoms with van der Waals surface area (Å²) in [5.74, 6) is -1.13. The summed E-state index contributed by atoms with van der Waals surface area (Å²) in [5.41, 5.74) is 3.81. The first-order valence-corrected chi connectivity index (χ1v) is 13.1. The molecule has 1 aromatic heterocycles. The Morgan fingerprint density at radius 1 is 0.951 bits per heavy atom. The van der Waals surface area contributed by atoms with Crippen LogP contribution in [0.2, 0.25) is 0 Å². The number of hydrazone groups is 1. The fourth-order valence-electron chi connectivity index (χ4n) is 4.31. The summed E-state index contributed by atoms with van der Waals surface area (Å²) in [6.45, 7) is 1.90. The number of nitrogens with one attached hydrogen (secondary N) is 2. The number of carbonyl (C=O) groups excluding carboxylic acids is 2. The Labute approximate surface area is 241 Å². The predicted octanol–water partition coefficient (Wildman–Crippen LogP) is 7.91. The van der Waals surface area contributed by atoms with Crippen LogP contribution in [-0.4, -0.2) is 23.1 Å². The highest BCUT2D eigenvalue weighted by Crippen LogP contribution is 2.39. The average Bonchev–Trinajstić information content (AvgIpc) is 3.34. The van der Waals surface area contributed by atoms with Crippen LogP contribution in [0.3, 0.4) is 0 Å². The minimum Gasteiger partial charge on any atom is -0.422 e. The molecule has 0 fully saturated rings. The number of fused-ring (bicyclic) bond motifs is 1. The fraction of sp³-hybridized carbons (Fsp3) is 0.0645. The van der Waals surface area contributed by atoms with Gasteiger partial charge >= 0.3 is 12.1 Å². The molecule has 0 aliphatic carbocycles. The molecule has 1 amide bonds. The van der Waals surface area contributed by atoms with Crippen molar-refractivity contribution < 1.29 is 27.5 Å². The zero-order chi connectivity index (χ0) is 29.1. The van der Waals surface area contributed by atoms with Crippen molar-refractivity contribution in [1.82, 2.24) is 10.4 Å². The summed E-state index contributed by atoms with van der Waals surface area (Å²) in [7, 11) is 0. The molecule has 0 aliphatic rings. The number of esters is 1. The van der Waals surface area contributed by atoms with Gasteiger partial charge in [0.05, 0.1) is 22.9 Å². The maximum Gasteiger partial charge on any atom is 0.418 e. The Hall–Kier alpha value is -4.70. The number of aromatic amines is 1. The molecule has 0 saturated heterocycles. The third-order valence-corrected chi connectivity index (χ3v) is 6.75. The van der Waals surface area contributed by atoms with Gasteiger partial charge in [0.1, 0.15) is 11.4 Å². The highest BCUT2D eigenvalue weighted by Gasteiger charge is 2.34. The summed E-state index contributed by atoms with van der Waals surface area (Å²) in [6.07, 6.45) is -3.34. The normalized spacial score (nSPS) is 11.6. The number of hydrogen-bond acceptors (Lipinski definition) is 4. The molecule has 2 N–H and O–H groups in total. The van der Waals surface area contributed by atoms with E-state index < -0.39 is 23.6 Å². The van der Waals surface area contributed by atoms with E-state index >= 15 is 0 Å². The van der Waals surface area contributed by atoms with Crippen LogP contribution in [0.1, 0.15) is 37.5 Å². The molecule has 5 rings (SSSR count). The van der Waals surface area contributed by atoms with Gasteiger partial charge in [0.2, 0.25) is 0 Å². The number of para-hydroxylation sites is 1. The highest BCUT2D eigenvalue weighted by molar-refractivity contribution is 9.10. The topological polar surface area (TPSA) is 83.5 Å². The van der Waals surface area contributed by atoms with E-state index in [9.17, 15) is 22.8 Å². The number of amides is 1. The van der Waals surface area contributed by atoms with E-state index in [1.807, 2.05) is 6.92 Å². The smallest absolute Gasteiger partial charge is 0.418 e. The summed E-state index contributed by atoms with van der Waals surface area (Å²) < 4.78 is 47.5. The van der Waals surface area contributed by atoms with E-state index in [0.29, 0.717) is 26.7 Å². The van der Waals surface area contributed by atoms with E-state index in [4.69, 9.17) is 4.74 Å². The summed E-state index contributed by atoms with van der Waals surface area (Å²) in [4.78, 5) is 28.6. The van der Waals surface area contributed by atoms with Crippen LogP contribution in [0.15, 0.2) is 101 Å². The van der Waals surface area contributed by atoms with Crippen LogP contribution in [-0.2, 0) is 6.18 Å². The zero-order valence-corrected chi connectivity index (χ0v) is 23.0. The molecular formula is C31H21BrF3N3O3. The largest absolute Gasteiger partial charge is 0.422 e. The maximum atomic E-state index is 13.8. The minimum absolute atomic E-state index is 0.0830. The van der Waals surface area contributed by atoms with E-state index in [0.717, 1.165) is 11.6 Å². The molecular weight excluding hydrogens is 599 g/mol. The van der Waals surface area contributed by atoms with Crippen LogP contribution in [0.4, 0.5) is 13.2 Å². The maximum absolute atomic E-state index is 13.8. The van der Waals surface area contributed by atoms with E-state index in [1.54, 1.807) is 72.8 Å². The number of H-pyrrole nitrogens is 1. The Balaban J connectivity index is 1.45. The van der Waals surface area contributed by atoms with Crippen molar-refractivity contribution in [2.75, 3.05) is 0 Å². The summed E-state index contributed by atoms with van der Waals surface area (Å²) >= 11 is 3.36. The number of aryl methyl sites for hydroxylation is 1. The van der Waals surface area contributed by atoms with Gasteiger partial charge in [-0.05, 0) is 48.9 Å². The van der Waals surface area contributed by atoms with Crippen LogP contribution in [0.5, 0.6) is 5.75 Å². The van der Waals surface area contributed by atoms with Crippen molar-refractivity contribution in [2.24, 2.45) is 5.10 Å².